The molecule has 1 amide bonds. The van der Waals surface area contributed by atoms with E-state index in [1.807, 2.05) is 42.2 Å². The predicted molar refractivity (Wildman–Crippen MR) is 76.6 cm³/mol. The van der Waals surface area contributed by atoms with Crippen LogP contribution in [0.15, 0.2) is 30.3 Å². The Bertz CT molecular complexity index is 371. The third-order valence-corrected chi connectivity index (χ3v) is 3.73. The molecule has 0 N–H and O–H groups in total. The van der Waals surface area contributed by atoms with Crippen molar-refractivity contribution in [2.45, 2.75) is 20.8 Å². The van der Waals surface area contributed by atoms with Gasteiger partial charge in [0.15, 0.2) is 6.54 Å². The number of hydrogen-bond acceptors (Lipinski definition) is 1. The van der Waals surface area contributed by atoms with E-state index < -0.39 is 0 Å². The van der Waals surface area contributed by atoms with Crippen LogP contribution in [0.1, 0.15) is 20.8 Å². The van der Waals surface area contributed by atoms with Gasteiger partial charge in [0, 0.05) is 12.2 Å². The fourth-order valence-corrected chi connectivity index (χ4v) is 1.97. The number of amides is 1. The summed E-state index contributed by atoms with van der Waals surface area (Å²) in [6.07, 6.45) is 0. The van der Waals surface area contributed by atoms with E-state index in [9.17, 15) is 4.79 Å². The summed E-state index contributed by atoms with van der Waals surface area (Å²) in [5.74, 6) is 0.204. The third-order valence-electron chi connectivity index (χ3n) is 3.73. The molecule has 0 saturated heterocycles. The van der Waals surface area contributed by atoms with Gasteiger partial charge in [0.25, 0.3) is 5.91 Å². The molecule has 0 spiro atoms. The average Bonchev–Trinajstić information content (AvgIpc) is 2.40. The molecule has 0 fully saturated rings. The van der Waals surface area contributed by atoms with Gasteiger partial charge in [-0.15, -0.1) is 0 Å². The largest absolute Gasteiger partial charge is 0.319 e. The van der Waals surface area contributed by atoms with Gasteiger partial charge in [-0.2, -0.15) is 0 Å². The molecular formula is C15H25N2O+. The molecule has 1 rings (SSSR count). The first-order chi connectivity index (χ1) is 8.56. The topological polar surface area (TPSA) is 20.3 Å². The Morgan fingerprint density at radius 3 is 2.11 bits per heavy atom. The van der Waals surface area contributed by atoms with E-state index in [0.717, 1.165) is 29.8 Å². The average molecular weight is 249 g/mol. The van der Waals surface area contributed by atoms with E-state index in [1.54, 1.807) is 0 Å². The van der Waals surface area contributed by atoms with Crippen LogP contribution in [0.25, 0.3) is 0 Å². The molecule has 18 heavy (non-hydrogen) atoms. The number of carbonyl (C=O) groups excluding carboxylic acids is 1. The van der Waals surface area contributed by atoms with Crippen LogP contribution < -0.4 is 4.90 Å². The monoisotopic (exact) mass is 249 g/mol. The van der Waals surface area contributed by atoms with Crippen LogP contribution in [-0.4, -0.2) is 43.6 Å². The van der Waals surface area contributed by atoms with Crippen molar-refractivity contribution >= 4 is 11.6 Å². The SMILES string of the molecule is CCN(C(=O)C[N+](C)(CC)CC)c1ccccc1. The molecule has 0 aliphatic rings. The molecule has 1 aromatic carbocycles. The zero-order valence-corrected chi connectivity index (χ0v) is 12.0. The summed E-state index contributed by atoms with van der Waals surface area (Å²) in [6, 6.07) is 9.89. The van der Waals surface area contributed by atoms with Gasteiger partial charge in [-0.1, -0.05) is 18.2 Å². The summed E-state index contributed by atoms with van der Waals surface area (Å²) < 4.78 is 0.794. The Kier molecular flexibility index (Phi) is 5.35. The van der Waals surface area contributed by atoms with Gasteiger partial charge in [0.05, 0.1) is 20.1 Å². The van der Waals surface area contributed by atoms with Crippen molar-refractivity contribution < 1.29 is 9.28 Å². The van der Waals surface area contributed by atoms with Gasteiger partial charge in [0.2, 0.25) is 0 Å². The van der Waals surface area contributed by atoms with Gasteiger partial charge in [-0.3, -0.25) is 4.79 Å². The molecule has 1 aromatic rings. The van der Waals surface area contributed by atoms with E-state index >= 15 is 0 Å². The standard InChI is InChI=1S/C15H25N2O/c1-5-16(14-11-9-8-10-12-14)15(18)13-17(4,6-2)7-3/h8-12H,5-7,13H2,1-4H3/q+1. The molecule has 0 bridgehead atoms. The first kappa shape index (κ1) is 14.7. The minimum Gasteiger partial charge on any atom is -0.319 e. The zero-order valence-electron chi connectivity index (χ0n) is 12.0. The molecule has 3 heteroatoms. The van der Waals surface area contributed by atoms with Crippen LogP contribution in [0.3, 0.4) is 0 Å². The fourth-order valence-electron chi connectivity index (χ4n) is 1.97. The van der Waals surface area contributed by atoms with Gasteiger partial charge in [-0.25, -0.2) is 0 Å². The highest BCUT2D eigenvalue weighted by Crippen LogP contribution is 2.14. The maximum absolute atomic E-state index is 12.4. The van der Waals surface area contributed by atoms with Gasteiger partial charge in [0.1, 0.15) is 0 Å². The Morgan fingerprint density at radius 2 is 1.67 bits per heavy atom. The van der Waals surface area contributed by atoms with E-state index in [1.165, 1.54) is 0 Å². The van der Waals surface area contributed by atoms with Crippen molar-refractivity contribution in [1.82, 2.24) is 0 Å². The second-order valence-corrected chi connectivity index (χ2v) is 4.88. The second-order valence-electron chi connectivity index (χ2n) is 4.88. The van der Waals surface area contributed by atoms with Crippen molar-refractivity contribution in [3.8, 4) is 0 Å². The Hall–Kier alpha value is -1.35. The highest BCUT2D eigenvalue weighted by Gasteiger charge is 2.25. The lowest BCUT2D eigenvalue weighted by atomic mass is 10.2. The number of quaternary nitrogens is 1. The van der Waals surface area contributed by atoms with Gasteiger partial charge in [-0.05, 0) is 32.9 Å². The maximum atomic E-state index is 12.4. The van der Waals surface area contributed by atoms with Gasteiger partial charge >= 0.3 is 0 Å². The molecule has 0 aliphatic carbocycles. The van der Waals surface area contributed by atoms with E-state index in [4.69, 9.17) is 0 Å². The lowest BCUT2D eigenvalue weighted by molar-refractivity contribution is -0.898. The summed E-state index contributed by atoms with van der Waals surface area (Å²) in [5.41, 5.74) is 0.990. The van der Waals surface area contributed by atoms with E-state index in [-0.39, 0.29) is 5.91 Å². The molecule has 0 atom stereocenters. The predicted octanol–water partition coefficient (Wildman–Crippen LogP) is 2.53. The molecular weight excluding hydrogens is 224 g/mol. The van der Waals surface area contributed by atoms with Crippen LogP contribution >= 0.6 is 0 Å². The molecule has 0 aromatic heterocycles. The summed E-state index contributed by atoms with van der Waals surface area (Å²) in [4.78, 5) is 14.3. The normalized spacial score (nSPS) is 11.3. The lowest BCUT2D eigenvalue weighted by Crippen LogP contribution is -2.51. The summed E-state index contributed by atoms with van der Waals surface area (Å²) >= 11 is 0. The zero-order chi connectivity index (χ0) is 13.6. The number of anilines is 1. The molecule has 0 unspecified atom stereocenters. The number of likely N-dealkylation sites (N-methyl/N-ethyl adjacent to an activating group) is 2. The van der Waals surface area contributed by atoms with Crippen LogP contribution in [0.2, 0.25) is 0 Å². The van der Waals surface area contributed by atoms with E-state index in [0.29, 0.717) is 6.54 Å². The first-order valence-electron chi connectivity index (χ1n) is 6.75. The first-order valence-corrected chi connectivity index (χ1v) is 6.75. The Balaban J connectivity index is 2.81. The van der Waals surface area contributed by atoms with Crippen LogP contribution in [0, 0.1) is 0 Å². The number of hydrogen-bond donors (Lipinski definition) is 0. The highest BCUT2D eigenvalue weighted by atomic mass is 16.2. The van der Waals surface area contributed by atoms with Crippen LogP contribution in [-0.2, 0) is 4.79 Å². The van der Waals surface area contributed by atoms with Gasteiger partial charge < -0.3 is 9.38 Å². The van der Waals surface area contributed by atoms with Crippen LogP contribution in [0.5, 0.6) is 0 Å². The van der Waals surface area contributed by atoms with E-state index in [2.05, 4.69) is 20.9 Å². The number of carbonyl (C=O) groups is 1. The molecule has 0 saturated carbocycles. The number of rotatable bonds is 6. The lowest BCUT2D eigenvalue weighted by Gasteiger charge is -2.33. The van der Waals surface area contributed by atoms with Crippen molar-refractivity contribution in [3.63, 3.8) is 0 Å². The molecule has 0 aliphatic heterocycles. The molecule has 100 valence electrons. The summed E-state index contributed by atoms with van der Waals surface area (Å²) in [5, 5.41) is 0. The third kappa shape index (κ3) is 3.57. The minimum atomic E-state index is 0.204. The second kappa shape index (κ2) is 6.55. The fraction of sp³-hybridized carbons (Fsp3) is 0.533. The highest BCUT2D eigenvalue weighted by molar-refractivity contribution is 5.94. The van der Waals surface area contributed by atoms with Crippen LogP contribution in [0.4, 0.5) is 5.69 Å². The Labute approximate surface area is 111 Å². The van der Waals surface area contributed by atoms with Crippen molar-refractivity contribution in [3.05, 3.63) is 30.3 Å². The summed E-state index contributed by atoms with van der Waals surface area (Å²) in [6.45, 7) is 9.54. The van der Waals surface area contributed by atoms with Crippen molar-refractivity contribution in [2.24, 2.45) is 0 Å². The van der Waals surface area contributed by atoms with Crippen molar-refractivity contribution in [1.29, 1.82) is 0 Å². The summed E-state index contributed by atoms with van der Waals surface area (Å²) in [7, 11) is 2.14. The quantitative estimate of drug-likeness (QED) is 0.709. The smallest absolute Gasteiger partial charge is 0.282 e. The number of para-hydroxylation sites is 1. The maximum Gasteiger partial charge on any atom is 0.282 e. The van der Waals surface area contributed by atoms with Crippen molar-refractivity contribution in [2.75, 3.05) is 38.1 Å². The number of benzene rings is 1. The number of nitrogens with zero attached hydrogens (tertiary/aromatic N) is 2. The minimum absolute atomic E-state index is 0.204. The Morgan fingerprint density at radius 1 is 1.11 bits per heavy atom. The molecule has 0 heterocycles. The molecule has 3 nitrogen and oxygen atoms in total. The molecule has 0 radical (unpaired) electrons.